The molecule has 1 amide bonds. The Labute approximate surface area is 184 Å². The highest BCUT2D eigenvalue weighted by atomic mass is 16.6. The molecule has 30 heavy (non-hydrogen) atoms. The first-order chi connectivity index (χ1) is 14.5. The number of nitrogens with two attached hydrogens (primary N) is 1. The molecule has 1 rings (SSSR count). The summed E-state index contributed by atoms with van der Waals surface area (Å²) in [5.74, 6) is 0.862. The van der Waals surface area contributed by atoms with Crippen LogP contribution in [0.25, 0.3) is 0 Å². The Morgan fingerprint density at radius 2 is 1.57 bits per heavy atom. The Morgan fingerprint density at radius 1 is 0.967 bits per heavy atom. The minimum absolute atomic E-state index is 0.162. The van der Waals surface area contributed by atoms with Crippen molar-refractivity contribution in [2.75, 3.05) is 43.5 Å². The monoisotopic (exact) mass is 426 g/mol. The van der Waals surface area contributed by atoms with Gasteiger partial charge in [-0.05, 0) is 19.3 Å². The third-order valence-electron chi connectivity index (χ3n) is 3.74. The van der Waals surface area contributed by atoms with E-state index in [2.05, 4.69) is 42.9 Å². The molecule has 0 aliphatic rings. The Bertz CT molecular complexity index is 519. The van der Waals surface area contributed by atoms with E-state index < -0.39 is 6.09 Å². The molecule has 1 aromatic heterocycles. The largest absolute Gasteiger partial charge is 0.474 e. The number of pyridine rings is 1. The molecule has 0 spiro atoms. The third-order valence-corrected chi connectivity index (χ3v) is 3.74. The number of rotatable bonds is 12. The fourth-order valence-corrected chi connectivity index (χ4v) is 2.24. The molecule has 0 aliphatic carbocycles. The van der Waals surface area contributed by atoms with Crippen LogP contribution in [-0.4, -0.2) is 43.9 Å². The third kappa shape index (κ3) is 15.7. The SMILES string of the molecule is CC.CCCC.CCCNC(=O)OCCOc1cc(N(CCC)CCC)cc(N)n1. The van der Waals surface area contributed by atoms with Crippen molar-refractivity contribution in [2.24, 2.45) is 0 Å². The van der Waals surface area contributed by atoms with Crippen molar-refractivity contribution < 1.29 is 14.3 Å². The zero-order chi connectivity index (χ0) is 23.2. The van der Waals surface area contributed by atoms with E-state index in [9.17, 15) is 4.79 Å². The van der Waals surface area contributed by atoms with Gasteiger partial charge < -0.3 is 25.4 Å². The lowest BCUT2D eigenvalue weighted by atomic mass is 10.3. The van der Waals surface area contributed by atoms with Crippen molar-refractivity contribution in [1.82, 2.24) is 10.3 Å². The number of hydrogen-bond donors (Lipinski definition) is 2. The first-order valence-corrected chi connectivity index (χ1v) is 11.6. The van der Waals surface area contributed by atoms with Gasteiger partial charge in [-0.2, -0.15) is 4.98 Å². The number of ether oxygens (including phenoxy) is 2. The summed E-state index contributed by atoms with van der Waals surface area (Å²) < 4.78 is 10.6. The molecule has 0 aliphatic heterocycles. The molecule has 7 heteroatoms. The number of amides is 1. The zero-order valence-electron chi connectivity index (χ0n) is 20.4. The molecule has 0 fully saturated rings. The molecule has 1 aromatic rings. The van der Waals surface area contributed by atoms with Crippen LogP contribution in [0.2, 0.25) is 0 Å². The second kappa shape index (κ2) is 21.5. The molecule has 0 bridgehead atoms. The maximum Gasteiger partial charge on any atom is 0.407 e. The topological polar surface area (TPSA) is 89.7 Å². The molecule has 176 valence electrons. The summed E-state index contributed by atoms with van der Waals surface area (Å²) in [6.45, 7) is 17.5. The highest BCUT2D eigenvalue weighted by Crippen LogP contribution is 2.23. The van der Waals surface area contributed by atoms with Crippen molar-refractivity contribution in [2.45, 2.75) is 80.6 Å². The summed E-state index contributed by atoms with van der Waals surface area (Å²) >= 11 is 0. The van der Waals surface area contributed by atoms with E-state index in [-0.39, 0.29) is 13.2 Å². The van der Waals surface area contributed by atoms with Crippen molar-refractivity contribution >= 4 is 17.6 Å². The van der Waals surface area contributed by atoms with Crippen molar-refractivity contribution in [3.63, 3.8) is 0 Å². The first kappa shape index (κ1) is 30.0. The Kier molecular flexibility index (Phi) is 21.5. The number of nitrogen functional groups attached to an aromatic ring is 1. The molecular weight excluding hydrogens is 380 g/mol. The quantitative estimate of drug-likeness (QED) is 0.421. The lowest BCUT2D eigenvalue weighted by molar-refractivity contribution is 0.124. The van der Waals surface area contributed by atoms with E-state index in [4.69, 9.17) is 15.2 Å². The molecule has 7 nitrogen and oxygen atoms in total. The van der Waals surface area contributed by atoms with E-state index in [0.717, 1.165) is 38.0 Å². The van der Waals surface area contributed by atoms with E-state index in [1.54, 1.807) is 0 Å². The van der Waals surface area contributed by atoms with Gasteiger partial charge in [-0.3, -0.25) is 0 Å². The van der Waals surface area contributed by atoms with Gasteiger partial charge in [0.15, 0.2) is 0 Å². The van der Waals surface area contributed by atoms with Crippen LogP contribution in [0.15, 0.2) is 12.1 Å². The van der Waals surface area contributed by atoms with E-state index in [1.165, 1.54) is 12.8 Å². The van der Waals surface area contributed by atoms with Gasteiger partial charge >= 0.3 is 6.09 Å². The van der Waals surface area contributed by atoms with Crippen LogP contribution < -0.4 is 20.7 Å². The summed E-state index contributed by atoms with van der Waals surface area (Å²) in [4.78, 5) is 17.8. The van der Waals surface area contributed by atoms with Crippen LogP contribution >= 0.6 is 0 Å². The molecular formula is C23H46N4O3. The van der Waals surface area contributed by atoms with Gasteiger partial charge in [0.25, 0.3) is 0 Å². The fourth-order valence-electron chi connectivity index (χ4n) is 2.24. The minimum atomic E-state index is -0.432. The Morgan fingerprint density at radius 3 is 2.07 bits per heavy atom. The number of anilines is 2. The molecule has 0 unspecified atom stereocenters. The smallest absolute Gasteiger partial charge is 0.407 e. The zero-order valence-corrected chi connectivity index (χ0v) is 20.4. The van der Waals surface area contributed by atoms with Crippen LogP contribution in [0.5, 0.6) is 5.88 Å². The summed E-state index contributed by atoms with van der Waals surface area (Å²) in [5.41, 5.74) is 6.89. The second-order valence-electron chi connectivity index (χ2n) is 6.49. The number of aromatic nitrogens is 1. The maximum atomic E-state index is 11.3. The van der Waals surface area contributed by atoms with Crippen molar-refractivity contribution in [3.05, 3.63) is 12.1 Å². The van der Waals surface area contributed by atoms with Gasteiger partial charge in [-0.1, -0.05) is 61.3 Å². The van der Waals surface area contributed by atoms with Crippen LogP contribution in [0.1, 0.15) is 80.6 Å². The van der Waals surface area contributed by atoms with Gasteiger partial charge in [0.2, 0.25) is 5.88 Å². The number of nitrogens with zero attached hydrogens (tertiary/aromatic N) is 2. The summed E-state index contributed by atoms with van der Waals surface area (Å²) in [6.07, 6.45) is 5.19. The Hall–Kier alpha value is -2.18. The van der Waals surface area contributed by atoms with E-state index in [1.807, 2.05) is 32.9 Å². The van der Waals surface area contributed by atoms with Crippen LogP contribution in [-0.2, 0) is 4.74 Å². The molecule has 0 saturated carbocycles. The van der Waals surface area contributed by atoms with Crippen LogP contribution in [0.3, 0.4) is 0 Å². The van der Waals surface area contributed by atoms with Crippen LogP contribution in [0.4, 0.5) is 16.3 Å². The van der Waals surface area contributed by atoms with Gasteiger partial charge in [0.05, 0.1) is 0 Å². The lowest BCUT2D eigenvalue weighted by Crippen LogP contribution is -2.26. The number of unbranched alkanes of at least 4 members (excludes halogenated alkanes) is 1. The average Bonchev–Trinajstić information content (AvgIpc) is 2.76. The maximum absolute atomic E-state index is 11.3. The fraction of sp³-hybridized carbons (Fsp3) is 0.739. The van der Waals surface area contributed by atoms with Gasteiger partial charge in [-0.25, -0.2) is 4.79 Å². The molecule has 0 saturated heterocycles. The Balaban J connectivity index is 0. The number of hydrogen-bond acceptors (Lipinski definition) is 6. The lowest BCUT2D eigenvalue weighted by Gasteiger charge is -2.24. The highest BCUT2D eigenvalue weighted by molar-refractivity contribution is 5.67. The standard InChI is InChI=1S/C17H30N4O3.C4H10.C2H6/c1-4-7-19-17(22)24-11-10-23-16-13-14(12-15(18)20-16)21(8-5-2)9-6-3;1-3-4-2;1-2/h12-13H,4-11H2,1-3H3,(H2,18,20)(H,19,22);3-4H2,1-2H3;1-2H3. The molecule has 0 aromatic carbocycles. The first-order valence-electron chi connectivity index (χ1n) is 11.6. The summed E-state index contributed by atoms with van der Waals surface area (Å²) in [6, 6.07) is 3.73. The van der Waals surface area contributed by atoms with Crippen molar-refractivity contribution in [1.29, 1.82) is 0 Å². The van der Waals surface area contributed by atoms with Crippen molar-refractivity contribution in [3.8, 4) is 5.88 Å². The summed E-state index contributed by atoms with van der Waals surface area (Å²) in [5, 5.41) is 2.63. The number of carbonyl (C=O) groups excluding carboxylic acids is 1. The molecule has 0 radical (unpaired) electrons. The number of carbonyl (C=O) groups is 1. The predicted octanol–water partition coefficient (Wildman–Crippen LogP) is 5.64. The number of nitrogens with one attached hydrogen (secondary N) is 1. The minimum Gasteiger partial charge on any atom is -0.474 e. The second-order valence-corrected chi connectivity index (χ2v) is 6.49. The van der Waals surface area contributed by atoms with Gasteiger partial charge in [0, 0.05) is 37.5 Å². The van der Waals surface area contributed by atoms with Gasteiger partial charge in [-0.15, -0.1) is 0 Å². The average molecular weight is 427 g/mol. The summed E-state index contributed by atoms with van der Waals surface area (Å²) in [7, 11) is 0. The van der Waals surface area contributed by atoms with E-state index >= 15 is 0 Å². The normalized spacial score (nSPS) is 9.43. The predicted molar refractivity (Wildman–Crippen MR) is 129 cm³/mol. The van der Waals surface area contributed by atoms with E-state index in [0.29, 0.717) is 18.2 Å². The highest BCUT2D eigenvalue weighted by Gasteiger charge is 2.09. The number of alkyl carbamates (subject to hydrolysis) is 1. The van der Waals surface area contributed by atoms with Crippen LogP contribution in [0, 0.1) is 0 Å². The molecule has 0 atom stereocenters. The molecule has 1 heterocycles. The molecule has 3 N–H and O–H groups in total. The van der Waals surface area contributed by atoms with Gasteiger partial charge in [0.1, 0.15) is 19.0 Å².